The fourth-order valence-electron chi connectivity index (χ4n) is 0.569. The van der Waals surface area contributed by atoms with Crippen LogP contribution >= 0.6 is 34.5 Å². The normalized spacial score (nSPS) is 13.6. The van der Waals surface area contributed by atoms with Gasteiger partial charge < -0.3 is 5.11 Å². The van der Waals surface area contributed by atoms with E-state index in [-0.39, 0.29) is 0 Å². The number of halogens is 2. The summed E-state index contributed by atoms with van der Waals surface area (Å²) < 4.78 is 0.539. The Bertz CT molecular complexity index is 212. The van der Waals surface area contributed by atoms with E-state index in [4.69, 9.17) is 28.3 Å². The quantitative estimate of drug-likeness (QED) is 0.733. The molecule has 1 unspecified atom stereocenters. The lowest BCUT2D eigenvalue weighted by Gasteiger charge is -1.95. The van der Waals surface area contributed by atoms with Crippen molar-refractivity contribution in [3.63, 3.8) is 0 Å². The standard InChI is InChI=1S/C6H6Cl2OS/c1-3(9)5-2-4(7)6(8)10-5/h2-3,9H,1H3. The van der Waals surface area contributed by atoms with Crippen molar-refractivity contribution in [2.75, 3.05) is 0 Å². The van der Waals surface area contributed by atoms with E-state index in [1.54, 1.807) is 13.0 Å². The van der Waals surface area contributed by atoms with Crippen LogP contribution in [0.3, 0.4) is 0 Å². The zero-order chi connectivity index (χ0) is 7.72. The number of rotatable bonds is 1. The predicted molar refractivity (Wildman–Crippen MR) is 45.0 cm³/mol. The highest BCUT2D eigenvalue weighted by Gasteiger charge is 2.07. The van der Waals surface area contributed by atoms with Crippen LogP contribution in [-0.4, -0.2) is 5.11 Å². The van der Waals surface area contributed by atoms with Crippen LogP contribution in [0.2, 0.25) is 9.36 Å². The van der Waals surface area contributed by atoms with Gasteiger partial charge >= 0.3 is 0 Å². The molecule has 10 heavy (non-hydrogen) atoms. The molecule has 1 aromatic rings. The summed E-state index contributed by atoms with van der Waals surface area (Å²) >= 11 is 12.6. The second kappa shape index (κ2) is 3.09. The summed E-state index contributed by atoms with van der Waals surface area (Å²) in [7, 11) is 0. The molecule has 1 rings (SSSR count). The molecule has 0 aliphatic heterocycles. The summed E-state index contributed by atoms with van der Waals surface area (Å²) in [6.07, 6.45) is -0.477. The smallest absolute Gasteiger partial charge is 0.112 e. The van der Waals surface area contributed by atoms with Crippen LogP contribution in [-0.2, 0) is 0 Å². The molecule has 1 atom stereocenters. The molecule has 0 aliphatic carbocycles. The molecule has 0 aliphatic rings. The fraction of sp³-hybridized carbons (Fsp3) is 0.333. The molecule has 4 heteroatoms. The van der Waals surface area contributed by atoms with Gasteiger partial charge in [-0.25, -0.2) is 0 Å². The fourth-order valence-corrected chi connectivity index (χ4v) is 1.90. The maximum absolute atomic E-state index is 9.05. The van der Waals surface area contributed by atoms with E-state index in [0.29, 0.717) is 9.36 Å². The van der Waals surface area contributed by atoms with Gasteiger partial charge in [-0.15, -0.1) is 11.3 Å². The Balaban J connectivity index is 2.98. The molecular formula is C6H6Cl2OS. The van der Waals surface area contributed by atoms with Crippen LogP contribution in [0.5, 0.6) is 0 Å². The van der Waals surface area contributed by atoms with Crippen molar-refractivity contribution in [3.05, 3.63) is 20.3 Å². The molecule has 0 bridgehead atoms. The van der Waals surface area contributed by atoms with Crippen molar-refractivity contribution in [3.8, 4) is 0 Å². The van der Waals surface area contributed by atoms with Crippen LogP contribution in [0.25, 0.3) is 0 Å². The summed E-state index contributed by atoms with van der Waals surface area (Å²) in [6.45, 7) is 1.68. The Kier molecular flexibility index (Phi) is 2.58. The maximum atomic E-state index is 9.05. The van der Waals surface area contributed by atoms with Crippen LogP contribution in [0.15, 0.2) is 6.07 Å². The molecule has 0 spiro atoms. The number of hydrogen-bond donors (Lipinski definition) is 1. The van der Waals surface area contributed by atoms with Crippen LogP contribution < -0.4 is 0 Å². The van der Waals surface area contributed by atoms with E-state index in [0.717, 1.165) is 4.88 Å². The summed E-state index contributed by atoms with van der Waals surface area (Å²) in [5, 5.41) is 9.57. The molecule has 1 aromatic heterocycles. The summed E-state index contributed by atoms with van der Waals surface area (Å²) in [5.74, 6) is 0. The number of aliphatic hydroxyl groups excluding tert-OH is 1. The minimum absolute atomic E-state index is 0.477. The highest BCUT2D eigenvalue weighted by molar-refractivity contribution is 7.17. The summed E-state index contributed by atoms with van der Waals surface area (Å²) in [6, 6.07) is 1.68. The Morgan fingerprint density at radius 2 is 2.20 bits per heavy atom. The van der Waals surface area contributed by atoms with Crippen LogP contribution in [0.1, 0.15) is 17.9 Å². The van der Waals surface area contributed by atoms with Crippen molar-refractivity contribution < 1.29 is 5.11 Å². The SMILES string of the molecule is CC(O)c1cc(Cl)c(Cl)s1. The molecule has 0 saturated heterocycles. The first-order chi connectivity index (χ1) is 4.61. The Hall–Kier alpha value is 0.240. The van der Waals surface area contributed by atoms with Crippen LogP contribution in [0, 0.1) is 0 Å². The largest absolute Gasteiger partial charge is 0.388 e. The molecular weight excluding hydrogens is 191 g/mol. The monoisotopic (exact) mass is 196 g/mol. The predicted octanol–water partition coefficient (Wildman–Crippen LogP) is 3.11. The third kappa shape index (κ3) is 1.64. The van der Waals surface area contributed by atoms with Gasteiger partial charge in [0.1, 0.15) is 4.34 Å². The third-order valence-electron chi connectivity index (χ3n) is 1.08. The van der Waals surface area contributed by atoms with Crippen molar-refractivity contribution in [1.29, 1.82) is 0 Å². The van der Waals surface area contributed by atoms with Gasteiger partial charge in [-0.3, -0.25) is 0 Å². The first kappa shape index (κ1) is 8.34. The Morgan fingerprint density at radius 3 is 2.40 bits per heavy atom. The zero-order valence-electron chi connectivity index (χ0n) is 5.27. The van der Waals surface area contributed by atoms with E-state index in [9.17, 15) is 0 Å². The lowest BCUT2D eigenvalue weighted by atomic mass is 10.3. The third-order valence-corrected chi connectivity index (χ3v) is 3.11. The van der Waals surface area contributed by atoms with Gasteiger partial charge in [-0.05, 0) is 13.0 Å². The molecule has 56 valence electrons. The molecule has 1 nitrogen and oxygen atoms in total. The van der Waals surface area contributed by atoms with Gasteiger partial charge in [0, 0.05) is 4.88 Å². The van der Waals surface area contributed by atoms with Gasteiger partial charge in [0.15, 0.2) is 0 Å². The average molecular weight is 197 g/mol. The molecule has 0 fully saturated rings. The molecule has 0 radical (unpaired) electrons. The highest BCUT2D eigenvalue weighted by atomic mass is 35.5. The molecule has 0 amide bonds. The topological polar surface area (TPSA) is 20.2 Å². The van der Waals surface area contributed by atoms with Gasteiger partial charge in [-0.1, -0.05) is 23.2 Å². The Labute approximate surface area is 73.2 Å². The first-order valence-corrected chi connectivity index (χ1v) is 4.31. The van der Waals surface area contributed by atoms with Crippen molar-refractivity contribution in [2.45, 2.75) is 13.0 Å². The van der Waals surface area contributed by atoms with Gasteiger partial charge in [0.25, 0.3) is 0 Å². The maximum Gasteiger partial charge on any atom is 0.112 e. The van der Waals surface area contributed by atoms with Crippen molar-refractivity contribution in [1.82, 2.24) is 0 Å². The van der Waals surface area contributed by atoms with Gasteiger partial charge in [-0.2, -0.15) is 0 Å². The Morgan fingerprint density at radius 1 is 1.60 bits per heavy atom. The minimum atomic E-state index is -0.477. The van der Waals surface area contributed by atoms with E-state index >= 15 is 0 Å². The highest BCUT2D eigenvalue weighted by Crippen LogP contribution is 2.34. The number of aliphatic hydroxyl groups is 1. The van der Waals surface area contributed by atoms with E-state index in [2.05, 4.69) is 0 Å². The lowest BCUT2D eigenvalue weighted by Crippen LogP contribution is -1.83. The van der Waals surface area contributed by atoms with Crippen molar-refractivity contribution in [2.24, 2.45) is 0 Å². The first-order valence-electron chi connectivity index (χ1n) is 2.74. The minimum Gasteiger partial charge on any atom is -0.388 e. The second-order valence-corrected chi connectivity index (χ2v) is 4.04. The second-order valence-electron chi connectivity index (χ2n) is 1.95. The van der Waals surface area contributed by atoms with E-state index in [1.165, 1.54) is 11.3 Å². The van der Waals surface area contributed by atoms with Gasteiger partial charge in [0.2, 0.25) is 0 Å². The van der Waals surface area contributed by atoms with Gasteiger partial charge in [0.05, 0.1) is 11.1 Å². The molecule has 0 aromatic carbocycles. The summed E-state index contributed by atoms with van der Waals surface area (Å²) in [5.41, 5.74) is 0. The zero-order valence-corrected chi connectivity index (χ0v) is 7.59. The summed E-state index contributed by atoms with van der Waals surface area (Å²) in [4.78, 5) is 0.801. The lowest BCUT2D eigenvalue weighted by molar-refractivity contribution is 0.203. The molecule has 1 heterocycles. The van der Waals surface area contributed by atoms with E-state index < -0.39 is 6.10 Å². The number of hydrogen-bond acceptors (Lipinski definition) is 2. The van der Waals surface area contributed by atoms with E-state index in [1.807, 2.05) is 0 Å². The number of thiophene rings is 1. The average Bonchev–Trinajstić information content (AvgIpc) is 2.13. The van der Waals surface area contributed by atoms with Crippen LogP contribution in [0.4, 0.5) is 0 Å². The van der Waals surface area contributed by atoms with Crippen molar-refractivity contribution >= 4 is 34.5 Å². The molecule has 1 N–H and O–H groups in total. The molecule has 0 saturated carbocycles.